The highest BCUT2D eigenvalue weighted by atomic mass is 32.1. The first-order valence-electron chi connectivity index (χ1n) is 7.37. The van der Waals surface area contributed by atoms with Crippen LogP contribution in [0.25, 0.3) is 0 Å². The minimum atomic E-state index is 0.545. The quantitative estimate of drug-likeness (QED) is 0.345. The van der Waals surface area contributed by atoms with E-state index in [2.05, 4.69) is 32.9 Å². The molecule has 2 rings (SSSR count). The maximum absolute atomic E-state index is 5.31. The lowest BCUT2D eigenvalue weighted by Crippen LogP contribution is -2.42. The summed E-state index contributed by atoms with van der Waals surface area (Å²) >= 11 is 5.19. The van der Waals surface area contributed by atoms with Gasteiger partial charge in [0.05, 0.1) is 13.2 Å². The molecule has 6 heteroatoms. The highest BCUT2D eigenvalue weighted by Crippen LogP contribution is 2.15. The van der Waals surface area contributed by atoms with Gasteiger partial charge in [0.25, 0.3) is 0 Å². The molecular weight excluding hydrogens is 272 g/mol. The third kappa shape index (κ3) is 5.98. The van der Waals surface area contributed by atoms with Crippen LogP contribution in [0.2, 0.25) is 0 Å². The molecule has 0 unspecified atom stereocenters. The Morgan fingerprint density at radius 2 is 2.25 bits per heavy atom. The number of ether oxygens (including phenoxy) is 1. The van der Waals surface area contributed by atoms with Crippen LogP contribution in [0.5, 0.6) is 0 Å². The van der Waals surface area contributed by atoms with Gasteiger partial charge in [0.15, 0.2) is 5.11 Å². The molecule has 0 radical (unpaired) electrons. The van der Waals surface area contributed by atoms with E-state index in [0.717, 1.165) is 52.2 Å². The number of nitrogens with zero attached hydrogens (tertiary/aromatic N) is 2. The van der Waals surface area contributed by atoms with Crippen molar-refractivity contribution in [1.82, 2.24) is 15.6 Å². The average Bonchev–Trinajstić information content (AvgIpc) is 2.49. The van der Waals surface area contributed by atoms with Gasteiger partial charge in [-0.15, -0.1) is 0 Å². The normalized spacial score (nSPS) is 23.9. The van der Waals surface area contributed by atoms with Crippen LogP contribution in [0.4, 0.5) is 0 Å². The van der Waals surface area contributed by atoms with E-state index in [9.17, 15) is 0 Å². The summed E-state index contributed by atoms with van der Waals surface area (Å²) < 4.78 is 5.31. The van der Waals surface area contributed by atoms with Gasteiger partial charge < -0.3 is 10.1 Å². The Morgan fingerprint density at radius 1 is 1.40 bits per heavy atom. The fourth-order valence-electron chi connectivity index (χ4n) is 2.35. The standard InChI is InChI=1S/C14H24N4OS/c20-14(15-6-7-18-8-10-19-11-9-18)17-16-12-13-4-2-1-3-5-13/h1-2,12-13H,3-11H2,(H2,15,17,20)/b16-12-/t13-/m0/s1. The first-order chi connectivity index (χ1) is 9.84. The number of hydrogen-bond donors (Lipinski definition) is 2. The monoisotopic (exact) mass is 296 g/mol. The number of hydrogen-bond acceptors (Lipinski definition) is 4. The lowest BCUT2D eigenvalue weighted by atomic mass is 9.96. The molecule has 1 atom stereocenters. The molecule has 1 aliphatic heterocycles. The zero-order valence-corrected chi connectivity index (χ0v) is 12.7. The van der Waals surface area contributed by atoms with E-state index in [1.165, 1.54) is 6.42 Å². The van der Waals surface area contributed by atoms with Crippen molar-refractivity contribution in [3.63, 3.8) is 0 Å². The average molecular weight is 296 g/mol. The van der Waals surface area contributed by atoms with Crippen LogP contribution >= 0.6 is 12.2 Å². The Hall–Kier alpha value is -0.980. The smallest absolute Gasteiger partial charge is 0.186 e. The maximum atomic E-state index is 5.31. The van der Waals surface area contributed by atoms with E-state index in [4.69, 9.17) is 17.0 Å². The number of thiocarbonyl (C=S) groups is 1. The Bertz CT molecular complexity index is 353. The van der Waals surface area contributed by atoms with Gasteiger partial charge in [0, 0.05) is 32.4 Å². The zero-order chi connectivity index (χ0) is 14.0. The van der Waals surface area contributed by atoms with E-state index in [1.54, 1.807) is 0 Å². The summed E-state index contributed by atoms with van der Waals surface area (Å²) in [5.74, 6) is 0.545. The molecule has 112 valence electrons. The van der Waals surface area contributed by atoms with Gasteiger partial charge in [0.1, 0.15) is 0 Å². The Labute approximate surface area is 126 Å². The number of morpholine rings is 1. The summed E-state index contributed by atoms with van der Waals surface area (Å²) in [6.45, 7) is 5.52. The summed E-state index contributed by atoms with van der Waals surface area (Å²) in [6.07, 6.45) is 9.84. The van der Waals surface area contributed by atoms with E-state index in [0.29, 0.717) is 11.0 Å². The van der Waals surface area contributed by atoms with Crippen LogP contribution < -0.4 is 10.7 Å². The van der Waals surface area contributed by atoms with Crippen LogP contribution in [-0.2, 0) is 4.74 Å². The van der Waals surface area contributed by atoms with Crippen molar-refractivity contribution in [1.29, 1.82) is 0 Å². The molecule has 1 fully saturated rings. The van der Waals surface area contributed by atoms with Gasteiger partial charge in [-0.05, 0) is 37.4 Å². The summed E-state index contributed by atoms with van der Waals surface area (Å²) in [5, 5.41) is 7.99. The molecule has 0 aromatic heterocycles. The largest absolute Gasteiger partial charge is 0.379 e. The van der Waals surface area contributed by atoms with Crippen LogP contribution in [-0.4, -0.2) is 55.6 Å². The van der Waals surface area contributed by atoms with Crippen molar-refractivity contribution in [3.05, 3.63) is 12.2 Å². The van der Waals surface area contributed by atoms with Crippen molar-refractivity contribution in [3.8, 4) is 0 Å². The van der Waals surface area contributed by atoms with Gasteiger partial charge in [-0.2, -0.15) is 5.10 Å². The predicted octanol–water partition coefficient (Wildman–Crippen LogP) is 1.12. The second-order valence-electron chi connectivity index (χ2n) is 5.14. The highest BCUT2D eigenvalue weighted by molar-refractivity contribution is 7.80. The van der Waals surface area contributed by atoms with E-state index in [-0.39, 0.29) is 0 Å². The molecule has 1 aliphatic carbocycles. The lowest BCUT2D eigenvalue weighted by molar-refractivity contribution is 0.0389. The number of nitrogens with one attached hydrogen (secondary N) is 2. The fraction of sp³-hybridized carbons (Fsp3) is 0.714. The minimum absolute atomic E-state index is 0.545. The first-order valence-corrected chi connectivity index (χ1v) is 7.77. The Balaban J connectivity index is 1.53. The summed E-state index contributed by atoms with van der Waals surface area (Å²) in [6, 6.07) is 0. The number of rotatable bonds is 5. The van der Waals surface area contributed by atoms with E-state index >= 15 is 0 Å². The lowest BCUT2D eigenvalue weighted by Gasteiger charge is -2.26. The summed E-state index contributed by atoms with van der Waals surface area (Å²) in [4.78, 5) is 2.37. The maximum Gasteiger partial charge on any atom is 0.186 e. The van der Waals surface area contributed by atoms with Gasteiger partial charge >= 0.3 is 0 Å². The van der Waals surface area contributed by atoms with Crippen LogP contribution in [0, 0.1) is 5.92 Å². The highest BCUT2D eigenvalue weighted by Gasteiger charge is 2.09. The van der Waals surface area contributed by atoms with Crippen LogP contribution in [0.1, 0.15) is 19.3 Å². The van der Waals surface area contributed by atoms with E-state index in [1.807, 2.05) is 6.21 Å². The summed E-state index contributed by atoms with van der Waals surface area (Å²) in [7, 11) is 0. The number of allylic oxidation sites excluding steroid dienone is 2. The molecule has 0 amide bonds. The minimum Gasteiger partial charge on any atom is -0.379 e. The second-order valence-corrected chi connectivity index (χ2v) is 5.55. The topological polar surface area (TPSA) is 48.9 Å². The summed E-state index contributed by atoms with van der Waals surface area (Å²) in [5.41, 5.74) is 2.89. The molecule has 2 aliphatic rings. The molecule has 20 heavy (non-hydrogen) atoms. The van der Waals surface area contributed by atoms with Crippen molar-refractivity contribution in [2.75, 3.05) is 39.4 Å². The van der Waals surface area contributed by atoms with Crippen molar-refractivity contribution >= 4 is 23.5 Å². The predicted molar refractivity (Wildman–Crippen MR) is 86.0 cm³/mol. The Morgan fingerprint density at radius 3 is 3.00 bits per heavy atom. The molecular formula is C14H24N4OS. The Kier molecular flexibility index (Phi) is 6.97. The molecule has 0 saturated carbocycles. The first kappa shape index (κ1) is 15.4. The molecule has 0 aromatic carbocycles. The van der Waals surface area contributed by atoms with Gasteiger partial charge in [-0.1, -0.05) is 12.2 Å². The SMILES string of the molecule is S=C(NCCN1CCOCC1)N/N=C\[C@H]1CC=CCC1. The zero-order valence-electron chi connectivity index (χ0n) is 11.9. The molecule has 0 bridgehead atoms. The van der Waals surface area contributed by atoms with E-state index < -0.39 is 0 Å². The van der Waals surface area contributed by atoms with Gasteiger partial charge in [-0.25, -0.2) is 0 Å². The van der Waals surface area contributed by atoms with Crippen molar-refractivity contribution < 1.29 is 4.74 Å². The molecule has 2 N–H and O–H groups in total. The van der Waals surface area contributed by atoms with Gasteiger partial charge in [0.2, 0.25) is 0 Å². The third-order valence-electron chi connectivity index (χ3n) is 3.58. The van der Waals surface area contributed by atoms with Crippen LogP contribution in [0.3, 0.4) is 0 Å². The molecule has 0 spiro atoms. The van der Waals surface area contributed by atoms with Gasteiger partial charge in [-0.3, -0.25) is 10.3 Å². The van der Waals surface area contributed by atoms with Crippen molar-refractivity contribution in [2.45, 2.75) is 19.3 Å². The number of hydrazone groups is 1. The second kappa shape index (κ2) is 9.05. The molecule has 1 heterocycles. The van der Waals surface area contributed by atoms with Crippen LogP contribution in [0.15, 0.2) is 17.3 Å². The fourth-order valence-corrected chi connectivity index (χ4v) is 2.50. The molecule has 0 aromatic rings. The third-order valence-corrected chi connectivity index (χ3v) is 3.81. The van der Waals surface area contributed by atoms with Crippen molar-refractivity contribution in [2.24, 2.45) is 11.0 Å². The molecule has 1 saturated heterocycles. The molecule has 5 nitrogen and oxygen atoms in total.